The van der Waals surface area contributed by atoms with Gasteiger partial charge < -0.3 is 9.84 Å². The molecule has 4 heteroatoms. The molecule has 0 unspecified atom stereocenters. The van der Waals surface area contributed by atoms with Crippen molar-refractivity contribution < 1.29 is 19.4 Å². The molecule has 0 amide bonds. The maximum atomic E-state index is 10.1. The molecule has 0 aliphatic carbocycles. The second-order valence-electron chi connectivity index (χ2n) is 1.54. The van der Waals surface area contributed by atoms with Gasteiger partial charge in [-0.05, 0) is 6.08 Å². The van der Waals surface area contributed by atoms with Crippen molar-refractivity contribution >= 4 is 11.9 Å². The molecular weight excluding hydrogens is 136 g/mol. The molecule has 56 valence electrons. The number of ether oxygens (including phenoxy) is 1. The van der Waals surface area contributed by atoms with Gasteiger partial charge in [-0.15, -0.1) is 0 Å². The van der Waals surface area contributed by atoms with Crippen LogP contribution in [0.3, 0.4) is 0 Å². The summed E-state index contributed by atoms with van der Waals surface area (Å²) in [5, 5.41) is 8.05. The molecule has 0 heterocycles. The molecular formula is C6H8O4. The van der Waals surface area contributed by atoms with Crippen LogP contribution < -0.4 is 0 Å². The van der Waals surface area contributed by atoms with Gasteiger partial charge in [0.15, 0.2) is 0 Å². The number of carbonyl (C=O) groups excluding carboxylic acids is 1. The predicted molar refractivity (Wildman–Crippen MR) is 33.4 cm³/mol. The number of hydrogen-bond donors (Lipinski definition) is 1. The largest absolute Gasteiger partial charge is 0.478 e. The summed E-state index contributed by atoms with van der Waals surface area (Å²) in [5.74, 6) is -1.47. The monoisotopic (exact) mass is 144 g/mol. The highest BCUT2D eigenvalue weighted by Gasteiger charge is 1.88. The van der Waals surface area contributed by atoms with Gasteiger partial charge in [0.1, 0.15) is 6.61 Å². The fourth-order valence-corrected chi connectivity index (χ4v) is 0.314. The minimum Gasteiger partial charge on any atom is -0.478 e. The third kappa shape index (κ3) is 6.68. The molecule has 0 radical (unpaired) electrons. The van der Waals surface area contributed by atoms with E-state index in [9.17, 15) is 9.59 Å². The Morgan fingerprint density at radius 2 is 2.20 bits per heavy atom. The smallest absolute Gasteiger partial charge is 0.328 e. The molecule has 0 aliphatic rings. The Morgan fingerprint density at radius 1 is 1.60 bits per heavy atom. The molecule has 0 fully saturated rings. The van der Waals surface area contributed by atoms with E-state index < -0.39 is 11.9 Å². The average molecular weight is 144 g/mol. The Hall–Kier alpha value is -1.32. The Labute approximate surface area is 58.1 Å². The molecule has 1 N–H and O–H groups in total. The fourth-order valence-electron chi connectivity index (χ4n) is 0.314. The minimum absolute atomic E-state index is 0.0155. The van der Waals surface area contributed by atoms with Crippen molar-refractivity contribution in [3.8, 4) is 0 Å². The third-order valence-electron chi connectivity index (χ3n) is 0.643. The van der Waals surface area contributed by atoms with E-state index in [0.717, 1.165) is 6.08 Å². The third-order valence-corrected chi connectivity index (χ3v) is 0.643. The first kappa shape index (κ1) is 8.68. The highest BCUT2D eigenvalue weighted by molar-refractivity contribution is 5.79. The lowest BCUT2D eigenvalue weighted by Crippen LogP contribution is -1.98. The van der Waals surface area contributed by atoms with Crippen molar-refractivity contribution in [1.29, 1.82) is 0 Å². The Bertz CT molecular complexity index is 159. The zero-order valence-corrected chi connectivity index (χ0v) is 5.53. The molecule has 0 rings (SSSR count). The zero-order valence-electron chi connectivity index (χ0n) is 5.53. The highest BCUT2D eigenvalue weighted by Crippen LogP contribution is 1.78. The van der Waals surface area contributed by atoms with E-state index in [1.807, 2.05) is 0 Å². The molecule has 0 saturated carbocycles. The molecule has 0 bridgehead atoms. The van der Waals surface area contributed by atoms with Gasteiger partial charge in [0.25, 0.3) is 0 Å². The number of aliphatic carboxylic acids is 1. The summed E-state index contributed by atoms with van der Waals surface area (Å²) in [5.41, 5.74) is 0. The van der Waals surface area contributed by atoms with Crippen LogP contribution in [0.5, 0.6) is 0 Å². The van der Waals surface area contributed by atoms with Gasteiger partial charge in [-0.2, -0.15) is 0 Å². The van der Waals surface area contributed by atoms with Gasteiger partial charge in [0, 0.05) is 13.0 Å². The molecule has 0 aromatic carbocycles. The molecule has 4 nitrogen and oxygen atoms in total. The van der Waals surface area contributed by atoms with Crippen molar-refractivity contribution in [2.24, 2.45) is 0 Å². The van der Waals surface area contributed by atoms with Gasteiger partial charge in [-0.1, -0.05) is 0 Å². The number of carboxylic acid groups (broad SMARTS) is 1. The van der Waals surface area contributed by atoms with Gasteiger partial charge in [0.2, 0.25) is 0 Å². The van der Waals surface area contributed by atoms with Crippen LogP contribution in [0.25, 0.3) is 0 Å². The first-order valence-electron chi connectivity index (χ1n) is 2.65. The second-order valence-corrected chi connectivity index (χ2v) is 1.54. The van der Waals surface area contributed by atoms with Gasteiger partial charge >= 0.3 is 11.9 Å². The SMILES string of the molecule is CC(=O)OC/C=C\C(=O)O. The molecule has 0 aliphatic heterocycles. The molecule has 0 aromatic heterocycles. The lowest BCUT2D eigenvalue weighted by atomic mass is 10.5. The number of carbonyl (C=O) groups is 2. The van der Waals surface area contributed by atoms with E-state index >= 15 is 0 Å². The number of esters is 1. The van der Waals surface area contributed by atoms with Crippen LogP contribution in [0.1, 0.15) is 6.92 Å². The Kier molecular flexibility index (Phi) is 3.95. The van der Waals surface area contributed by atoms with Crippen LogP contribution in [0.4, 0.5) is 0 Å². The van der Waals surface area contributed by atoms with Gasteiger partial charge in [-0.25, -0.2) is 4.79 Å². The van der Waals surface area contributed by atoms with Crippen LogP contribution in [-0.4, -0.2) is 23.7 Å². The van der Waals surface area contributed by atoms with E-state index in [1.54, 1.807) is 0 Å². The summed E-state index contributed by atoms with van der Waals surface area (Å²) in [6.07, 6.45) is 2.17. The maximum absolute atomic E-state index is 10.1. The van der Waals surface area contributed by atoms with Crippen LogP contribution >= 0.6 is 0 Å². The second kappa shape index (κ2) is 4.55. The van der Waals surface area contributed by atoms with E-state index in [4.69, 9.17) is 5.11 Å². The Morgan fingerprint density at radius 3 is 2.60 bits per heavy atom. The number of carboxylic acids is 1. The molecule has 0 saturated heterocycles. The summed E-state index contributed by atoms with van der Waals surface area (Å²) >= 11 is 0. The molecule has 0 aromatic rings. The lowest BCUT2D eigenvalue weighted by molar-refractivity contribution is -0.140. The normalized spacial score (nSPS) is 9.70. The van der Waals surface area contributed by atoms with E-state index in [2.05, 4.69) is 4.74 Å². The van der Waals surface area contributed by atoms with Gasteiger partial charge in [-0.3, -0.25) is 4.79 Å². The van der Waals surface area contributed by atoms with Crippen LogP contribution in [-0.2, 0) is 14.3 Å². The van der Waals surface area contributed by atoms with Crippen molar-refractivity contribution in [3.05, 3.63) is 12.2 Å². The summed E-state index contributed by atoms with van der Waals surface area (Å²) in [6, 6.07) is 0. The van der Waals surface area contributed by atoms with Crippen molar-refractivity contribution in [1.82, 2.24) is 0 Å². The first-order valence-corrected chi connectivity index (χ1v) is 2.65. The van der Waals surface area contributed by atoms with Crippen molar-refractivity contribution in [2.75, 3.05) is 6.61 Å². The van der Waals surface area contributed by atoms with Crippen LogP contribution in [0, 0.1) is 0 Å². The summed E-state index contributed by atoms with van der Waals surface area (Å²) in [7, 11) is 0. The van der Waals surface area contributed by atoms with E-state index in [-0.39, 0.29) is 6.61 Å². The molecule has 0 atom stereocenters. The van der Waals surface area contributed by atoms with Crippen LogP contribution in [0.2, 0.25) is 0 Å². The Balaban J connectivity index is 3.36. The van der Waals surface area contributed by atoms with Crippen molar-refractivity contribution in [2.45, 2.75) is 6.92 Å². The topological polar surface area (TPSA) is 63.6 Å². The minimum atomic E-state index is -1.05. The van der Waals surface area contributed by atoms with Crippen LogP contribution in [0.15, 0.2) is 12.2 Å². The average Bonchev–Trinajstić information content (AvgIpc) is 1.79. The molecule has 10 heavy (non-hydrogen) atoms. The summed E-state index contributed by atoms with van der Waals surface area (Å²) in [4.78, 5) is 19.9. The maximum Gasteiger partial charge on any atom is 0.328 e. The standard InChI is InChI=1S/C6H8O4/c1-5(7)10-4-2-3-6(8)9/h2-3H,4H2,1H3,(H,8,9)/b3-2-. The number of hydrogen-bond acceptors (Lipinski definition) is 3. The quantitative estimate of drug-likeness (QED) is 0.453. The first-order chi connectivity index (χ1) is 4.63. The fraction of sp³-hybridized carbons (Fsp3) is 0.333. The number of rotatable bonds is 3. The van der Waals surface area contributed by atoms with Gasteiger partial charge in [0.05, 0.1) is 0 Å². The summed E-state index contributed by atoms with van der Waals surface area (Å²) in [6.45, 7) is 1.27. The van der Waals surface area contributed by atoms with E-state index in [1.165, 1.54) is 13.0 Å². The van der Waals surface area contributed by atoms with E-state index in [0.29, 0.717) is 0 Å². The summed E-state index contributed by atoms with van der Waals surface area (Å²) < 4.78 is 4.40. The van der Waals surface area contributed by atoms with Crippen molar-refractivity contribution in [3.63, 3.8) is 0 Å². The molecule has 0 spiro atoms. The lowest BCUT2D eigenvalue weighted by Gasteiger charge is -1.92. The zero-order chi connectivity index (χ0) is 7.98. The highest BCUT2D eigenvalue weighted by atomic mass is 16.5. The predicted octanol–water partition coefficient (Wildman–Crippen LogP) is 0.190.